The summed E-state index contributed by atoms with van der Waals surface area (Å²) in [6.07, 6.45) is 0. The summed E-state index contributed by atoms with van der Waals surface area (Å²) in [5, 5.41) is 5.83. The highest BCUT2D eigenvalue weighted by molar-refractivity contribution is 7.11. The van der Waals surface area contributed by atoms with E-state index in [1.807, 2.05) is 13.0 Å². The summed E-state index contributed by atoms with van der Waals surface area (Å²) in [7, 11) is 0. The maximum Gasteiger partial charge on any atom is 0.0936 e. The number of thiazole rings is 1. The molecule has 0 aliphatic rings. The van der Waals surface area contributed by atoms with E-state index in [4.69, 9.17) is 0 Å². The van der Waals surface area contributed by atoms with E-state index in [1.165, 1.54) is 4.88 Å². The van der Waals surface area contributed by atoms with E-state index in [9.17, 15) is 0 Å². The van der Waals surface area contributed by atoms with Gasteiger partial charge in [0.05, 0.1) is 27.9 Å². The maximum atomic E-state index is 4.67. The summed E-state index contributed by atoms with van der Waals surface area (Å²) in [4.78, 5) is 10.6. The van der Waals surface area contributed by atoms with Crippen LogP contribution in [0.4, 0.5) is 5.69 Å². The average molecular weight is 297 g/mol. The monoisotopic (exact) mass is 297 g/mol. The molecule has 0 radical (unpaired) electrons. The zero-order chi connectivity index (χ0) is 15.0. The zero-order valence-corrected chi connectivity index (χ0v) is 13.6. The summed E-state index contributed by atoms with van der Waals surface area (Å²) in [5.74, 6) is 0. The van der Waals surface area contributed by atoms with Crippen LogP contribution in [0.15, 0.2) is 30.3 Å². The molecule has 3 nitrogen and oxygen atoms in total. The first-order valence-electron chi connectivity index (χ1n) is 7.11. The molecule has 0 bridgehead atoms. The highest BCUT2D eigenvalue weighted by Gasteiger charge is 2.14. The van der Waals surface area contributed by atoms with Crippen LogP contribution >= 0.6 is 11.3 Å². The van der Waals surface area contributed by atoms with Crippen LogP contribution in [-0.2, 0) is 0 Å². The van der Waals surface area contributed by atoms with Gasteiger partial charge in [0, 0.05) is 16.0 Å². The quantitative estimate of drug-likeness (QED) is 0.755. The lowest BCUT2D eigenvalue weighted by Crippen LogP contribution is -2.09. The van der Waals surface area contributed by atoms with E-state index in [1.54, 1.807) is 11.3 Å². The number of nitrogens with zero attached hydrogens (tertiary/aromatic N) is 2. The van der Waals surface area contributed by atoms with E-state index in [2.05, 4.69) is 60.3 Å². The van der Waals surface area contributed by atoms with Gasteiger partial charge in [-0.05, 0) is 39.8 Å². The van der Waals surface area contributed by atoms with E-state index in [-0.39, 0.29) is 6.04 Å². The minimum absolute atomic E-state index is 0.169. The van der Waals surface area contributed by atoms with Crippen LogP contribution in [0.3, 0.4) is 0 Å². The molecule has 1 aromatic carbocycles. The molecule has 3 aromatic rings. The number of aryl methyl sites for hydroxylation is 3. The van der Waals surface area contributed by atoms with Crippen LogP contribution in [-0.4, -0.2) is 9.97 Å². The van der Waals surface area contributed by atoms with Crippen molar-refractivity contribution < 1.29 is 0 Å². The minimum Gasteiger partial charge on any atom is -0.375 e. The molecule has 0 aliphatic heterocycles. The number of fused-ring (bicyclic) bond motifs is 1. The van der Waals surface area contributed by atoms with Gasteiger partial charge in [0.1, 0.15) is 0 Å². The third-order valence-corrected chi connectivity index (χ3v) is 4.48. The first-order chi connectivity index (χ1) is 10.0. The van der Waals surface area contributed by atoms with E-state index >= 15 is 0 Å². The highest BCUT2D eigenvalue weighted by atomic mass is 32.1. The predicted octanol–water partition coefficient (Wildman–Crippen LogP) is 4.79. The number of pyridine rings is 1. The smallest absolute Gasteiger partial charge is 0.0936 e. The SMILES string of the molecule is Cc1ccc2cccc(NC(C)c3nc(C)sc3C)c2n1. The van der Waals surface area contributed by atoms with Gasteiger partial charge in [-0.25, -0.2) is 4.98 Å². The summed E-state index contributed by atoms with van der Waals surface area (Å²) in [6.45, 7) is 8.35. The molecule has 0 amide bonds. The summed E-state index contributed by atoms with van der Waals surface area (Å²) in [5.41, 5.74) is 4.25. The fourth-order valence-corrected chi connectivity index (χ4v) is 3.52. The molecule has 0 spiro atoms. The molecule has 3 rings (SSSR count). The van der Waals surface area contributed by atoms with Crippen LogP contribution in [0, 0.1) is 20.8 Å². The Kier molecular flexibility index (Phi) is 3.64. The van der Waals surface area contributed by atoms with Crippen LogP contribution in [0.2, 0.25) is 0 Å². The van der Waals surface area contributed by atoms with Gasteiger partial charge in [0.25, 0.3) is 0 Å². The Labute approximate surface area is 129 Å². The first-order valence-corrected chi connectivity index (χ1v) is 7.93. The lowest BCUT2D eigenvalue weighted by molar-refractivity contribution is 0.838. The Morgan fingerprint density at radius 3 is 2.57 bits per heavy atom. The highest BCUT2D eigenvalue weighted by Crippen LogP contribution is 2.28. The van der Waals surface area contributed by atoms with Crippen LogP contribution < -0.4 is 5.32 Å². The van der Waals surface area contributed by atoms with Crippen LogP contribution in [0.1, 0.15) is 34.2 Å². The molecular weight excluding hydrogens is 278 g/mol. The molecule has 1 N–H and O–H groups in total. The van der Waals surface area contributed by atoms with Crippen molar-refractivity contribution in [3.05, 3.63) is 51.6 Å². The van der Waals surface area contributed by atoms with Gasteiger partial charge in [-0.2, -0.15) is 0 Å². The van der Waals surface area contributed by atoms with Crippen LogP contribution in [0.25, 0.3) is 10.9 Å². The molecule has 4 heteroatoms. The van der Waals surface area contributed by atoms with Crippen molar-refractivity contribution in [1.29, 1.82) is 0 Å². The van der Waals surface area contributed by atoms with Gasteiger partial charge in [-0.15, -0.1) is 11.3 Å². The Bertz CT molecular complexity index is 792. The van der Waals surface area contributed by atoms with Gasteiger partial charge in [0.15, 0.2) is 0 Å². The van der Waals surface area contributed by atoms with Crippen molar-refractivity contribution >= 4 is 27.9 Å². The van der Waals surface area contributed by atoms with Crippen LogP contribution in [0.5, 0.6) is 0 Å². The second kappa shape index (κ2) is 5.45. The Balaban J connectivity index is 1.98. The van der Waals surface area contributed by atoms with Crippen molar-refractivity contribution in [2.24, 2.45) is 0 Å². The third-order valence-electron chi connectivity index (χ3n) is 3.58. The Morgan fingerprint density at radius 2 is 1.86 bits per heavy atom. The normalized spacial score (nSPS) is 12.6. The van der Waals surface area contributed by atoms with E-state index in [0.29, 0.717) is 0 Å². The Morgan fingerprint density at radius 1 is 1.05 bits per heavy atom. The number of nitrogens with one attached hydrogen (secondary N) is 1. The van der Waals surface area contributed by atoms with Gasteiger partial charge in [-0.3, -0.25) is 4.98 Å². The lowest BCUT2D eigenvalue weighted by Gasteiger charge is -2.16. The molecule has 0 saturated carbocycles. The molecule has 1 unspecified atom stereocenters. The standard InChI is InChI=1S/C17H19N3S/c1-10-8-9-14-6-5-7-15(17(14)18-10)19-11(2)16-12(3)21-13(4)20-16/h5-9,11,19H,1-4H3. The van der Waals surface area contributed by atoms with Gasteiger partial charge >= 0.3 is 0 Å². The van der Waals surface area contributed by atoms with Crippen molar-refractivity contribution in [3.8, 4) is 0 Å². The molecule has 2 heterocycles. The largest absolute Gasteiger partial charge is 0.375 e. The maximum absolute atomic E-state index is 4.67. The molecule has 0 aliphatic carbocycles. The van der Waals surface area contributed by atoms with E-state index in [0.717, 1.165) is 33.0 Å². The second-order valence-electron chi connectivity index (χ2n) is 5.37. The fraction of sp³-hybridized carbons (Fsp3) is 0.294. The molecule has 2 aromatic heterocycles. The average Bonchev–Trinajstić information content (AvgIpc) is 2.78. The number of hydrogen-bond donors (Lipinski definition) is 1. The van der Waals surface area contributed by atoms with Gasteiger partial charge in [0.2, 0.25) is 0 Å². The summed E-state index contributed by atoms with van der Waals surface area (Å²) in [6, 6.07) is 10.6. The number of benzene rings is 1. The number of para-hydroxylation sites is 1. The predicted molar refractivity (Wildman–Crippen MR) is 90.1 cm³/mol. The topological polar surface area (TPSA) is 37.8 Å². The number of rotatable bonds is 3. The number of anilines is 1. The number of hydrogen-bond acceptors (Lipinski definition) is 4. The fourth-order valence-electron chi connectivity index (χ4n) is 2.61. The Hall–Kier alpha value is -1.94. The summed E-state index contributed by atoms with van der Waals surface area (Å²) < 4.78 is 0. The first kappa shape index (κ1) is 14.0. The number of aromatic nitrogens is 2. The molecule has 21 heavy (non-hydrogen) atoms. The van der Waals surface area contributed by atoms with Crippen molar-refractivity contribution in [2.75, 3.05) is 5.32 Å². The second-order valence-corrected chi connectivity index (χ2v) is 6.78. The summed E-state index contributed by atoms with van der Waals surface area (Å²) >= 11 is 1.75. The van der Waals surface area contributed by atoms with Gasteiger partial charge < -0.3 is 5.32 Å². The third kappa shape index (κ3) is 2.76. The zero-order valence-electron chi connectivity index (χ0n) is 12.8. The van der Waals surface area contributed by atoms with E-state index < -0.39 is 0 Å². The molecule has 1 atom stereocenters. The molecular formula is C17H19N3S. The van der Waals surface area contributed by atoms with Gasteiger partial charge in [-0.1, -0.05) is 18.2 Å². The molecule has 108 valence electrons. The van der Waals surface area contributed by atoms with Crippen molar-refractivity contribution in [1.82, 2.24) is 9.97 Å². The molecule has 0 fully saturated rings. The van der Waals surface area contributed by atoms with Crippen molar-refractivity contribution in [3.63, 3.8) is 0 Å². The molecule has 0 saturated heterocycles. The minimum atomic E-state index is 0.169. The lowest BCUT2D eigenvalue weighted by atomic mass is 10.1. The van der Waals surface area contributed by atoms with Crippen molar-refractivity contribution in [2.45, 2.75) is 33.7 Å².